The van der Waals surface area contributed by atoms with E-state index in [1.165, 1.54) is 0 Å². The quantitative estimate of drug-likeness (QED) is 0.832. The second-order valence-corrected chi connectivity index (χ2v) is 5.99. The van der Waals surface area contributed by atoms with E-state index in [4.69, 9.17) is 0 Å². The highest BCUT2D eigenvalue weighted by Crippen LogP contribution is 2.25. The first-order valence-electron chi connectivity index (χ1n) is 6.48. The van der Waals surface area contributed by atoms with E-state index in [0.29, 0.717) is 6.54 Å². The summed E-state index contributed by atoms with van der Waals surface area (Å²) >= 11 is 3.42. The van der Waals surface area contributed by atoms with Crippen molar-refractivity contribution in [2.24, 2.45) is 0 Å². The topological polar surface area (TPSA) is 40.6 Å². The molecule has 2 aliphatic rings. The van der Waals surface area contributed by atoms with Gasteiger partial charge >= 0.3 is 0 Å². The molecule has 1 atom stereocenters. The number of nitrogens with zero attached hydrogens (tertiary/aromatic N) is 2. The number of benzene rings is 1. The molecule has 0 bridgehead atoms. The monoisotopic (exact) mass is 322 g/mol. The van der Waals surface area contributed by atoms with Gasteiger partial charge in [0.15, 0.2) is 0 Å². The summed E-state index contributed by atoms with van der Waals surface area (Å²) in [6.07, 6.45) is 1.74. The van der Waals surface area contributed by atoms with Crippen molar-refractivity contribution < 1.29 is 9.59 Å². The number of hydrogen-bond acceptors (Lipinski definition) is 2. The van der Waals surface area contributed by atoms with Crippen LogP contribution in [-0.4, -0.2) is 40.7 Å². The highest BCUT2D eigenvalue weighted by Gasteiger charge is 2.41. The summed E-state index contributed by atoms with van der Waals surface area (Å²) in [4.78, 5) is 27.8. The summed E-state index contributed by atoms with van der Waals surface area (Å²) in [7, 11) is 0. The number of hydrogen-bond donors (Lipinski definition) is 0. The van der Waals surface area contributed by atoms with Gasteiger partial charge in [0.1, 0.15) is 12.6 Å². The van der Waals surface area contributed by atoms with Gasteiger partial charge in [0.05, 0.1) is 0 Å². The first-order valence-corrected chi connectivity index (χ1v) is 7.27. The number of piperazine rings is 1. The van der Waals surface area contributed by atoms with Crippen molar-refractivity contribution in [1.82, 2.24) is 9.80 Å². The smallest absolute Gasteiger partial charge is 0.246 e. The molecule has 100 valence electrons. The fraction of sp³-hybridized carbons (Fsp3) is 0.429. The van der Waals surface area contributed by atoms with Crippen LogP contribution < -0.4 is 0 Å². The average Bonchev–Trinajstić information content (AvgIpc) is 2.85. The molecule has 2 fully saturated rings. The third-order valence-electron chi connectivity index (χ3n) is 3.76. The summed E-state index contributed by atoms with van der Waals surface area (Å²) in [6, 6.07) is 7.64. The van der Waals surface area contributed by atoms with E-state index in [0.717, 1.165) is 29.4 Å². The van der Waals surface area contributed by atoms with Gasteiger partial charge in [-0.2, -0.15) is 0 Å². The summed E-state index contributed by atoms with van der Waals surface area (Å²) in [5.74, 6) is 0.175. The Bertz CT molecular complexity index is 532. The molecule has 0 aromatic heterocycles. The van der Waals surface area contributed by atoms with Gasteiger partial charge in [-0.15, -0.1) is 0 Å². The molecule has 0 aliphatic carbocycles. The van der Waals surface area contributed by atoms with Crippen LogP contribution in [0.2, 0.25) is 0 Å². The van der Waals surface area contributed by atoms with Crippen LogP contribution in [0, 0.1) is 0 Å². The molecule has 0 spiro atoms. The van der Waals surface area contributed by atoms with Crippen molar-refractivity contribution in [2.45, 2.75) is 25.4 Å². The Morgan fingerprint density at radius 3 is 2.95 bits per heavy atom. The zero-order valence-corrected chi connectivity index (χ0v) is 12.1. The molecule has 2 saturated heterocycles. The first-order chi connectivity index (χ1) is 9.15. The minimum absolute atomic E-state index is 0.0806. The largest absolute Gasteiger partial charge is 0.329 e. The number of carbonyl (C=O) groups is 2. The van der Waals surface area contributed by atoms with Crippen LogP contribution in [0.5, 0.6) is 0 Å². The molecule has 1 aromatic carbocycles. The first kappa shape index (κ1) is 12.7. The van der Waals surface area contributed by atoms with Crippen molar-refractivity contribution in [3.8, 4) is 0 Å². The van der Waals surface area contributed by atoms with Crippen molar-refractivity contribution in [3.63, 3.8) is 0 Å². The predicted octanol–water partition coefficient (Wildman–Crippen LogP) is 1.78. The maximum atomic E-state index is 12.4. The molecule has 2 heterocycles. The van der Waals surface area contributed by atoms with Crippen LogP contribution in [0.15, 0.2) is 28.7 Å². The lowest BCUT2D eigenvalue weighted by Crippen LogP contribution is -2.56. The fourth-order valence-corrected chi connectivity index (χ4v) is 3.30. The number of amides is 2. The van der Waals surface area contributed by atoms with E-state index >= 15 is 0 Å². The van der Waals surface area contributed by atoms with Crippen LogP contribution in [0.4, 0.5) is 0 Å². The third kappa shape index (κ3) is 2.39. The van der Waals surface area contributed by atoms with Gasteiger partial charge in [-0.25, -0.2) is 0 Å². The van der Waals surface area contributed by atoms with Crippen LogP contribution in [0.25, 0.3) is 0 Å². The van der Waals surface area contributed by atoms with Gasteiger partial charge in [-0.1, -0.05) is 28.1 Å². The van der Waals surface area contributed by atoms with Gasteiger partial charge in [0, 0.05) is 17.6 Å². The van der Waals surface area contributed by atoms with Crippen LogP contribution in [0.3, 0.4) is 0 Å². The van der Waals surface area contributed by atoms with Gasteiger partial charge in [0.2, 0.25) is 11.8 Å². The summed E-state index contributed by atoms with van der Waals surface area (Å²) in [5, 5.41) is 0. The molecule has 4 nitrogen and oxygen atoms in total. The molecular weight excluding hydrogens is 308 g/mol. The van der Waals surface area contributed by atoms with Crippen molar-refractivity contribution in [3.05, 3.63) is 34.3 Å². The Hall–Kier alpha value is -1.36. The zero-order valence-electron chi connectivity index (χ0n) is 10.5. The summed E-state index contributed by atoms with van der Waals surface area (Å²) < 4.78 is 0.989. The lowest BCUT2D eigenvalue weighted by molar-refractivity contribution is -0.154. The van der Waals surface area contributed by atoms with E-state index in [2.05, 4.69) is 15.9 Å². The standard InChI is InChI=1S/C14H15BrN2O2/c15-11-4-1-3-10(7-11)8-16-9-13(18)17-6-2-5-12(17)14(16)19/h1,3-4,7,12H,2,5-6,8-9H2. The Morgan fingerprint density at radius 1 is 1.32 bits per heavy atom. The highest BCUT2D eigenvalue weighted by molar-refractivity contribution is 9.10. The molecule has 19 heavy (non-hydrogen) atoms. The molecule has 1 unspecified atom stereocenters. The van der Waals surface area contributed by atoms with Crippen molar-refractivity contribution in [2.75, 3.05) is 13.1 Å². The van der Waals surface area contributed by atoms with E-state index in [1.54, 1.807) is 9.80 Å². The normalized spacial score (nSPS) is 22.9. The lowest BCUT2D eigenvalue weighted by atomic mass is 10.1. The van der Waals surface area contributed by atoms with Gasteiger partial charge in [0.25, 0.3) is 0 Å². The van der Waals surface area contributed by atoms with Gasteiger partial charge in [-0.3, -0.25) is 9.59 Å². The second-order valence-electron chi connectivity index (χ2n) is 5.07. The average molecular weight is 323 g/mol. The molecule has 2 amide bonds. The van der Waals surface area contributed by atoms with Gasteiger partial charge in [-0.05, 0) is 30.5 Å². The molecular formula is C14H15BrN2O2. The van der Waals surface area contributed by atoms with E-state index < -0.39 is 0 Å². The van der Waals surface area contributed by atoms with E-state index in [9.17, 15) is 9.59 Å². The molecule has 0 N–H and O–H groups in total. The number of fused-ring (bicyclic) bond motifs is 1. The van der Waals surface area contributed by atoms with Crippen molar-refractivity contribution >= 4 is 27.7 Å². The maximum absolute atomic E-state index is 12.4. The highest BCUT2D eigenvalue weighted by atomic mass is 79.9. The SMILES string of the molecule is O=C1C2CCCN2C(=O)CN1Cc1cccc(Br)c1. The van der Waals surface area contributed by atoms with Crippen LogP contribution >= 0.6 is 15.9 Å². The van der Waals surface area contributed by atoms with Gasteiger partial charge < -0.3 is 9.80 Å². The Morgan fingerprint density at radius 2 is 2.16 bits per heavy atom. The number of carbonyl (C=O) groups excluding carboxylic acids is 2. The Labute approximate surface area is 120 Å². The molecule has 5 heteroatoms. The molecule has 2 aliphatic heterocycles. The lowest BCUT2D eigenvalue weighted by Gasteiger charge is -2.36. The molecule has 1 aromatic rings. The fourth-order valence-electron chi connectivity index (χ4n) is 2.85. The number of halogens is 1. The minimum atomic E-state index is -0.214. The van der Waals surface area contributed by atoms with Crippen LogP contribution in [0.1, 0.15) is 18.4 Å². The van der Waals surface area contributed by atoms with E-state index in [1.807, 2.05) is 24.3 Å². The molecule has 0 radical (unpaired) electrons. The summed E-state index contributed by atoms with van der Waals surface area (Å²) in [5.41, 5.74) is 1.04. The summed E-state index contributed by atoms with van der Waals surface area (Å²) in [6.45, 7) is 1.45. The Balaban J connectivity index is 1.78. The predicted molar refractivity (Wildman–Crippen MR) is 74.3 cm³/mol. The molecule has 0 saturated carbocycles. The zero-order chi connectivity index (χ0) is 13.4. The number of rotatable bonds is 2. The van der Waals surface area contributed by atoms with E-state index in [-0.39, 0.29) is 24.4 Å². The van der Waals surface area contributed by atoms with Crippen molar-refractivity contribution in [1.29, 1.82) is 0 Å². The maximum Gasteiger partial charge on any atom is 0.246 e. The second kappa shape index (κ2) is 4.96. The molecule has 3 rings (SSSR count). The Kier molecular flexibility index (Phi) is 3.31. The minimum Gasteiger partial charge on any atom is -0.329 e. The van der Waals surface area contributed by atoms with Crippen LogP contribution in [-0.2, 0) is 16.1 Å². The third-order valence-corrected chi connectivity index (χ3v) is 4.25.